The number of ether oxygens (including phenoxy) is 1. The normalized spacial score (nSPS) is 11.7. The van der Waals surface area contributed by atoms with Gasteiger partial charge < -0.3 is 4.74 Å². The minimum absolute atomic E-state index is 0.0778. The molecule has 0 saturated carbocycles. The molecule has 0 N–H and O–H groups in total. The van der Waals surface area contributed by atoms with Crippen molar-refractivity contribution in [3.63, 3.8) is 0 Å². The molecule has 0 aliphatic rings. The smallest absolute Gasteiger partial charge is 0.137 e. The summed E-state index contributed by atoms with van der Waals surface area (Å²) in [5.41, 5.74) is 2.31. The number of para-hydroxylation sites is 1. The van der Waals surface area contributed by atoms with Gasteiger partial charge in [-0.25, -0.2) is 0 Å². The Bertz CT molecular complexity index is 793. The number of hydrogen-bond donors (Lipinski definition) is 0. The van der Waals surface area contributed by atoms with Gasteiger partial charge in [0.15, 0.2) is 0 Å². The minimum atomic E-state index is -0.0778. The van der Waals surface area contributed by atoms with Gasteiger partial charge in [-0.05, 0) is 55.2 Å². The van der Waals surface area contributed by atoms with Crippen LogP contribution in [0.15, 0.2) is 84.9 Å². The summed E-state index contributed by atoms with van der Waals surface area (Å²) in [7, 11) is 0. The molecule has 0 aromatic heterocycles. The van der Waals surface area contributed by atoms with Gasteiger partial charge >= 0.3 is 0 Å². The van der Waals surface area contributed by atoms with Gasteiger partial charge in [0.05, 0.1) is 0 Å². The number of carbonyl (C=O) groups excluding carboxylic acids is 1. The van der Waals surface area contributed by atoms with E-state index in [-0.39, 0.29) is 11.7 Å². The summed E-state index contributed by atoms with van der Waals surface area (Å²) >= 11 is 0. The average Bonchev–Trinajstić information content (AvgIpc) is 2.65. The van der Waals surface area contributed by atoms with Crippen LogP contribution in [-0.4, -0.2) is 5.78 Å². The third-order valence-electron chi connectivity index (χ3n) is 4.32. The number of ketones is 1. The molecule has 0 amide bonds. The first-order valence-electron chi connectivity index (χ1n) is 8.59. The molecule has 3 rings (SSSR count). The first-order chi connectivity index (χ1) is 12.2. The fourth-order valence-corrected chi connectivity index (χ4v) is 2.95. The predicted molar refractivity (Wildman–Crippen MR) is 101 cm³/mol. The van der Waals surface area contributed by atoms with E-state index in [0.29, 0.717) is 0 Å². The second-order valence-corrected chi connectivity index (χ2v) is 6.17. The molecule has 1 atom stereocenters. The Morgan fingerprint density at radius 1 is 0.800 bits per heavy atom. The molecule has 0 fully saturated rings. The molecule has 0 saturated heterocycles. The van der Waals surface area contributed by atoms with Crippen molar-refractivity contribution in [1.82, 2.24) is 0 Å². The van der Waals surface area contributed by atoms with Crippen molar-refractivity contribution in [2.75, 3.05) is 0 Å². The van der Waals surface area contributed by atoms with E-state index in [1.165, 1.54) is 5.56 Å². The van der Waals surface area contributed by atoms with Crippen LogP contribution in [-0.2, 0) is 11.2 Å². The van der Waals surface area contributed by atoms with Gasteiger partial charge in [0.1, 0.15) is 17.3 Å². The van der Waals surface area contributed by atoms with Crippen LogP contribution in [0.5, 0.6) is 11.5 Å². The monoisotopic (exact) mass is 330 g/mol. The molecular formula is C23H22O2. The third kappa shape index (κ3) is 4.80. The summed E-state index contributed by atoms with van der Waals surface area (Å²) in [4.78, 5) is 12.1. The Morgan fingerprint density at radius 3 is 1.96 bits per heavy atom. The first-order valence-corrected chi connectivity index (χ1v) is 8.59. The molecule has 1 unspecified atom stereocenters. The highest BCUT2D eigenvalue weighted by Crippen LogP contribution is 2.27. The standard InChI is InChI=1S/C23H22O2/c1-18(24)23(17-12-19-8-4-2-5-9-19)20-13-15-22(16-14-20)25-21-10-6-3-7-11-21/h2-11,13-16,23H,12,17H2,1H3. The molecule has 0 aliphatic carbocycles. The largest absolute Gasteiger partial charge is 0.457 e. The second-order valence-electron chi connectivity index (χ2n) is 6.17. The molecule has 126 valence electrons. The van der Waals surface area contributed by atoms with E-state index in [4.69, 9.17) is 4.74 Å². The van der Waals surface area contributed by atoms with Crippen LogP contribution in [0.25, 0.3) is 0 Å². The van der Waals surface area contributed by atoms with Crippen molar-refractivity contribution in [2.24, 2.45) is 0 Å². The van der Waals surface area contributed by atoms with E-state index in [2.05, 4.69) is 12.1 Å². The van der Waals surface area contributed by atoms with E-state index in [1.54, 1.807) is 6.92 Å². The number of rotatable bonds is 7. The molecule has 25 heavy (non-hydrogen) atoms. The fraction of sp³-hybridized carbons (Fsp3) is 0.174. The summed E-state index contributed by atoms with van der Waals surface area (Å²) in [5.74, 6) is 1.71. The van der Waals surface area contributed by atoms with Gasteiger partial charge in [0.2, 0.25) is 0 Å². The van der Waals surface area contributed by atoms with Crippen LogP contribution in [0, 0.1) is 0 Å². The van der Waals surface area contributed by atoms with E-state index in [1.807, 2.05) is 72.8 Å². The van der Waals surface area contributed by atoms with Crippen LogP contribution in [0.1, 0.15) is 30.4 Å². The van der Waals surface area contributed by atoms with E-state index in [0.717, 1.165) is 29.9 Å². The number of hydrogen-bond acceptors (Lipinski definition) is 2. The fourth-order valence-electron chi connectivity index (χ4n) is 2.95. The quantitative estimate of drug-likeness (QED) is 0.548. The van der Waals surface area contributed by atoms with Gasteiger partial charge in [-0.15, -0.1) is 0 Å². The lowest BCUT2D eigenvalue weighted by Gasteiger charge is -2.15. The van der Waals surface area contributed by atoms with Crippen LogP contribution in [0.4, 0.5) is 0 Å². The highest BCUT2D eigenvalue weighted by atomic mass is 16.5. The van der Waals surface area contributed by atoms with E-state index >= 15 is 0 Å². The minimum Gasteiger partial charge on any atom is -0.457 e. The lowest BCUT2D eigenvalue weighted by Crippen LogP contribution is -2.10. The second kappa shape index (κ2) is 8.29. The molecule has 0 spiro atoms. The van der Waals surface area contributed by atoms with E-state index < -0.39 is 0 Å². The Kier molecular flexibility index (Phi) is 5.63. The zero-order chi connectivity index (χ0) is 17.5. The zero-order valence-corrected chi connectivity index (χ0v) is 14.4. The SMILES string of the molecule is CC(=O)C(CCc1ccccc1)c1ccc(Oc2ccccc2)cc1. The van der Waals surface area contributed by atoms with Crippen LogP contribution < -0.4 is 4.74 Å². The summed E-state index contributed by atoms with van der Waals surface area (Å²) in [6.45, 7) is 1.67. The van der Waals surface area contributed by atoms with Gasteiger partial charge in [0.25, 0.3) is 0 Å². The maximum Gasteiger partial charge on any atom is 0.137 e. The average molecular weight is 330 g/mol. The van der Waals surface area contributed by atoms with Crippen molar-refractivity contribution in [3.05, 3.63) is 96.1 Å². The van der Waals surface area contributed by atoms with Crippen molar-refractivity contribution < 1.29 is 9.53 Å². The molecule has 0 heterocycles. The predicted octanol–water partition coefficient (Wildman–Crippen LogP) is 5.78. The third-order valence-corrected chi connectivity index (χ3v) is 4.32. The van der Waals surface area contributed by atoms with Crippen LogP contribution in [0.3, 0.4) is 0 Å². The summed E-state index contributed by atoms with van der Waals surface area (Å²) in [6.07, 6.45) is 1.71. The molecule has 0 radical (unpaired) electrons. The van der Waals surface area contributed by atoms with E-state index in [9.17, 15) is 4.79 Å². The Hall–Kier alpha value is -2.87. The molecule has 2 nitrogen and oxygen atoms in total. The molecule has 3 aromatic rings. The van der Waals surface area contributed by atoms with Gasteiger partial charge in [-0.1, -0.05) is 60.7 Å². The zero-order valence-electron chi connectivity index (χ0n) is 14.4. The summed E-state index contributed by atoms with van der Waals surface area (Å²) < 4.78 is 5.82. The van der Waals surface area contributed by atoms with Crippen molar-refractivity contribution in [1.29, 1.82) is 0 Å². The Labute approximate surface area is 149 Å². The lowest BCUT2D eigenvalue weighted by molar-refractivity contribution is -0.118. The maximum atomic E-state index is 12.1. The highest BCUT2D eigenvalue weighted by molar-refractivity contribution is 5.83. The van der Waals surface area contributed by atoms with Gasteiger partial charge in [0, 0.05) is 5.92 Å². The molecule has 3 aromatic carbocycles. The number of benzene rings is 3. The lowest BCUT2D eigenvalue weighted by atomic mass is 9.89. The van der Waals surface area contributed by atoms with Gasteiger partial charge in [-0.2, -0.15) is 0 Å². The highest BCUT2D eigenvalue weighted by Gasteiger charge is 2.16. The molecule has 2 heteroatoms. The van der Waals surface area contributed by atoms with Crippen LogP contribution in [0.2, 0.25) is 0 Å². The Balaban J connectivity index is 1.68. The van der Waals surface area contributed by atoms with Crippen molar-refractivity contribution in [3.8, 4) is 11.5 Å². The molecule has 0 aliphatic heterocycles. The first kappa shape index (κ1) is 17.0. The maximum absolute atomic E-state index is 12.1. The van der Waals surface area contributed by atoms with Gasteiger partial charge in [-0.3, -0.25) is 4.79 Å². The summed E-state index contributed by atoms with van der Waals surface area (Å²) in [5, 5.41) is 0. The molecule has 0 bridgehead atoms. The Morgan fingerprint density at radius 2 is 1.36 bits per heavy atom. The number of Topliss-reactive ketones (excluding diaryl/α,β-unsaturated/α-hetero) is 1. The molecular weight excluding hydrogens is 308 g/mol. The van der Waals surface area contributed by atoms with Crippen molar-refractivity contribution >= 4 is 5.78 Å². The van der Waals surface area contributed by atoms with Crippen LogP contribution >= 0.6 is 0 Å². The summed E-state index contributed by atoms with van der Waals surface area (Å²) in [6, 6.07) is 27.8. The van der Waals surface area contributed by atoms with Crippen molar-refractivity contribution in [2.45, 2.75) is 25.7 Å². The topological polar surface area (TPSA) is 26.3 Å². The number of carbonyl (C=O) groups is 1. The number of aryl methyl sites for hydroxylation is 1.